The van der Waals surface area contributed by atoms with Gasteiger partial charge in [-0.3, -0.25) is 18.7 Å². The van der Waals surface area contributed by atoms with Crippen molar-refractivity contribution in [3.8, 4) is 11.5 Å². The van der Waals surface area contributed by atoms with E-state index in [0.717, 1.165) is 12.1 Å². The molecule has 0 atom stereocenters. The number of hydrogen-bond acceptors (Lipinski definition) is 16. The second kappa shape index (κ2) is 15.6. The Morgan fingerprint density at radius 2 is 0.903 bits per heavy atom. The molecule has 0 aromatic heterocycles. The summed E-state index contributed by atoms with van der Waals surface area (Å²) in [6, 6.07) is 17.8. The normalized spacial score (nSPS) is 12.2. The number of aryl methyl sites for hydroxylation is 2. The van der Waals surface area contributed by atoms with E-state index in [1.54, 1.807) is 0 Å². The summed E-state index contributed by atoms with van der Waals surface area (Å²) in [5.74, 6) is -3.77. The SMILES string of the molecule is Cc1cc(C(=O)O)ccc1N=Nc1c(S(=O)(=O)O)cc2cc(Nc3c(Nc4ccc5c(O)c(N=Nc6ccc(C(=O)O)cc6C)c(S(=O)(=O)O)cc5c4)c(=O)c3=O)ccc2c1O. The zero-order valence-electron chi connectivity index (χ0n) is 31.6. The van der Waals surface area contributed by atoms with Crippen LogP contribution in [0.5, 0.6) is 11.5 Å². The average Bonchev–Trinajstić information content (AvgIpc) is 3.20. The third-order valence-electron chi connectivity index (χ3n) is 9.51. The smallest absolute Gasteiger partial charge is 0.335 e. The van der Waals surface area contributed by atoms with Crippen molar-refractivity contribution in [2.24, 2.45) is 20.5 Å². The third kappa shape index (κ3) is 8.03. The Labute approximate surface area is 348 Å². The molecule has 314 valence electrons. The standard InChI is InChI=1S/C40H28N6O14S2/c1-17-11-19(39(51)52)3-9-27(17)43-45-31-29(61(55,56)57)15-21-13-23(5-7-25(21)35(31)47)41-33-34(38(50)37(33)49)42-24-6-8-26-22(14-24)16-30(62(58,59)60)32(36(26)48)46-44-28-10-4-20(40(53)54)12-18(28)2/h3-16,41-42,47-48H,1-2H3,(H,51,52)(H,53,54)(H,55,56,57)(H,58,59,60). The van der Waals surface area contributed by atoms with E-state index < -0.39 is 75.7 Å². The first-order valence-corrected chi connectivity index (χ1v) is 20.4. The molecule has 62 heavy (non-hydrogen) atoms. The molecule has 20 nitrogen and oxygen atoms in total. The highest BCUT2D eigenvalue weighted by Gasteiger charge is 2.26. The lowest BCUT2D eigenvalue weighted by molar-refractivity contribution is 0.0686. The molecule has 0 heterocycles. The summed E-state index contributed by atoms with van der Waals surface area (Å²) >= 11 is 0. The van der Waals surface area contributed by atoms with Gasteiger partial charge in [-0.15, -0.1) is 10.2 Å². The Balaban J connectivity index is 1.19. The van der Waals surface area contributed by atoms with Crippen LogP contribution in [0.25, 0.3) is 21.5 Å². The highest BCUT2D eigenvalue weighted by Crippen LogP contribution is 2.44. The molecule has 0 bridgehead atoms. The van der Waals surface area contributed by atoms with Crippen LogP contribution in [-0.4, -0.2) is 58.3 Å². The maximum absolute atomic E-state index is 12.8. The maximum Gasteiger partial charge on any atom is 0.335 e. The summed E-state index contributed by atoms with van der Waals surface area (Å²) in [4.78, 5) is 46.4. The number of carbonyl (C=O) groups is 2. The highest BCUT2D eigenvalue weighted by molar-refractivity contribution is 7.86. The van der Waals surface area contributed by atoms with Crippen molar-refractivity contribution in [2.45, 2.75) is 23.6 Å². The molecule has 0 amide bonds. The lowest BCUT2D eigenvalue weighted by atomic mass is 10.1. The molecule has 0 aliphatic heterocycles. The summed E-state index contributed by atoms with van der Waals surface area (Å²) in [6.45, 7) is 3.07. The number of rotatable bonds is 12. The van der Waals surface area contributed by atoms with Crippen molar-refractivity contribution in [3.63, 3.8) is 0 Å². The van der Waals surface area contributed by atoms with Gasteiger partial charge < -0.3 is 31.1 Å². The van der Waals surface area contributed by atoms with Crippen molar-refractivity contribution in [1.82, 2.24) is 0 Å². The number of nitrogens with one attached hydrogen (secondary N) is 2. The van der Waals surface area contributed by atoms with Crippen LogP contribution < -0.4 is 21.5 Å². The molecule has 0 fully saturated rings. The monoisotopic (exact) mass is 880 g/mol. The second-order valence-corrected chi connectivity index (χ2v) is 16.4. The Morgan fingerprint density at radius 1 is 0.532 bits per heavy atom. The van der Waals surface area contributed by atoms with E-state index in [1.165, 1.54) is 86.6 Å². The molecule has 0 unspecified atom stereocenters. The van der Waals surface area contributed by atoms with E-state index in [9.17, 15) is 65.5 Å². The largest absolute Gasteiger partial charge is 0.505 e. The minimum absolute atomic E-state index is 0.0309. The van der Waals surface area contributed by atoms with Crippen LogP contribution in [0.15, 0.2) is 125 Å². The van der Waals surface area contributed by atoms with Crippen LogP contribution in [0, 0.1) is 13.8 Å². The van der Waals surface area contributed by atoms with Crippen LogP contribution in [0.2, 0.25) is 0 Å². The molecule has 0 spiro atoms. The second-order valence-electron chi connectivity index (χ2n) is 13.6. The lowest BCUT2D eigenvalue weighted by Gasteiger charge is -2.17. The summed E-state index contributed by atoms with van der Waals surface area (Å²) in [7, 11) is -10.1. The fourth-order valence-corrected chi connectivity index (χ4v) is 7.69. The van der Waals surface area contributed by atoms with Gasteiger partial charge in [-0.1, -0.05) is 0 Å². The van der Waals surface area contributed by atoms with Gasteiger partial charge in [0, 0.05) is 22.1 Å². The summed E-state index contributed by atoms with van der Waals surface area (Å²) in [5, 5.41) is 61.9. The topological polar surface area (TPSA) is 331 Å². The van der Waals surface area contributed by atoms with Crippen LogP contribution in [0.3, 0.4) is 0 Å². The van der Waals surface area contributed by atoms with E-state index >= 15 is 0 Å². The molecule has 0 saturated heterocycles. The first kappa shape index (κ1) is 42.2. The number of phenols is 2. The molecule has 22 heteroatoms. The molecular weight excluding hydrogens is 853 g/mol. The van der Waals surface area contributed by atoms with Crippen molar-refractivity contribution < 1.29 is 56.0 Å². The van der Waals surface area contributed by atoms with Crippen LogP contribution >= 0.6 is 0 Å². The molecule has 0 aliphatic carbocycles. The molecule has 0 aliphatic rings. The lowest BCUT2D eigenvalue weighted by Crippen LogP contribution is -2.35. The van der Waals surface area contributed by atoms with Gasteiger partial charge in [0.15, 0.2) is 11.5 Å². The number of carboxylic acids is 2. The summed E-state index contributed by atoms with van der Waals surface area (Å²) in [6.07, 6.45) is 0. The first-order valence-electron chi connectivity index (χ1n) is 17.6. The first-order chi connectivity index (χ1) is 29.1. The van der Waals surface area contributed by atoms with Gasteiger partial charge in [0.25, 0.3) is 31.1 Å². The van der Waals surface area contributed by atoms with Gasteiger partial charge in [-0.25, -0.2) is 9.59 Å². The van der Waals surface area contributed by atoms with Crippen LogP contribution in [-0.2, 0) is 20.2 Å². The Morgan fingerprint density at radius 3 is 1.23 bits per heavy atom. The van der Waals surface area contributed by atoms with Gasteiger partial charge in [0.1, 0.15) is 32.5 Å². The molecule has 7 aromatic rings. The summed E-state index contributed by atoms with van der Waals surface area (Å²) in [5.41, 5.74) is -2.45. The number of phenolic OH excluding ortho intramolecular Hbond substituents is 2. The van der Waals surface area contributed by atoms with Crippen LogP contribution in [0.1, 0.15) is 31.8 Å². The van der Waals surface area contributed by atoms with E-state index in [1.807, 2.05) is 0 Å². The predicted molar refractivity (Wildman–Crippen MR) is 223 cm³/mol. The average molecular weight is 881 g/mol. The molecule has 0 saturated carbocycles. The number of hydrogen-bond donors (Lipinski definition) is 8. The molecule has 7 aromatic carbocycles. The Bertz CT molecular complexity index is 3240. The number of aromatic carboxylic acids is 2. The molecule has 7 rings (SSSR count). The number of fused-ring (bicyclic) bond motifs is 2. The van der Waals surface area contributed by atoms with Gasteiger partial charge in [0.2, 0.25) is 0 Å². The van der Waals surface area contributed by atoms with Gasteiger partial charge in [-0.2, -0.15) is 27.1 Å². The minimum atomic E-state index is -5.04. The van der Waals surface area contributed by atoms with E-state index in [2.05, 4.69) is 31.1 Å². The molecular formula is C40H28N6O14S2. The molecule has 0 radical (unpaired) electrons. The minimum Gasteiger partial charge on any atom is -0.505 e. The van der Waals surface area contributed by atoms with E-state index in [4.69, 9.17) is 0 Å². The number of benzene rings is 6. The highest BCUT2D eigenvalue weighted by atomic mass is 32.2. The van der Waals surface area contributed by atoms with Crippen LogP contribution in [0.4, 0.5) is 45.5 Å². The van der Waals surface area contributed by atoms with E-state index in [0.29, 0.717) is 11.1 Å². The predicted octanol–water partition coefficient (Wildman–Crippen LogP) is 7.82. The van der Waals surface area contributed by atoms with Crippen molar-refractivity contribution in [2.75, 3.05) is 10.6 Å². The summed E-state index contributed by atoms with van der Waals surface area (Å²) < 4.78 is 69.9. The third-order valence-corrected chi connectivity index (χ3v) is 11.2. The maximum atomic E-state index is 12.8. The van der Waals surface area contributed by atoms with Crippen molar-refractivity contribution >= 4 is 99.2 Å². The van der Waals surface area contributed by atoms with Crippen molar-refractivity contribution in [3.05, 3.63) is 128 Å². The number of carboxylic acid groups (broad SMARTS) is 2. The van der Waals surface area contributed by atoms with Gasteiger partial charge in [0.05, 0.1) is 22.5 Å². The zero-order valence-corrected chi connectivity index (χ0v) is 33.3. The number of aromatic hydroxyl groups is 2. The van der Waals surface area contributed by atoms with E-state index in [-0.39, 0.29) is 66.8 Å². The fraction of sp³-hybridized carbons (Fsp3) is 0.0500. The quantitative estimate of drug-likeness (QED) is 0.0329. The number of nitrogens with zero attached hydrogens (tertiary/aromatic N) is 4. The molecule has 8 N–H and O–H groups in total. The fourth-order valence-electron chi connectivity index (χ4n) is 6.37. The van der Waals surface area contributed by atoms with Gasteiger partial charge >= 0.3 is 11.9 Å². The van der Waals surface area contributed by atoms with Crippen molar-refractivity contribution in [1.29, 1.82) is 0 Å². The van der Waals surface area contributed by atoms with Gasteiger partial charge in [-0.05, 0) is 121 Å². The number of azo groups is 2. The Hall–Kier alpha value is -7.92. The Kier molecular flexibility index (Phi) is 10.6. The zero-order chi connectivity index (χ0) is 45.0. The number of anilines is 4.